The van der Waals surface area contributed by atoms with Gasteiger partial charge in [-0.15, -0.1) is 0 Å². The van der Waals surface area contributed by atoms with Gasteiger partial charge in [-0.2, -0.15) is 0 Å². The second-order valence-corrected chi connectivity index (χ2v) is 2.05. The number of hydrogen-bond donors (Lipinski definition) is 2. The lowest BCUT2D eigenvalue weighted by atomic mass is 10.7. The van der Waals surface area contributed by atoms with Gasteiger partial charge in [0.25, 0.3) is 0 Å². The Morgan fingerprint density at radius 1 is 1.50 bits per heavy atom. The molecule has 82 valence electrons. The molecule has 0 aliphatic heterocycles. The average Bonchev–Trinajstić information content (AvgIpc) is 2.18. The highest BCUT2D eigenvalue weighted by atomic mass is 32.1. The van der Waals surface area contributed by atoms with Crippen LogP contribution in [0.3, 0.4) is 0 Å². The minimum Gasteiger partial charge on any atom is -0.450 e. The van der Waals surface area contributed by atoms with Crippen LogP contribution in [-0.2, 0) is 13.7 Å². The zero-order chi connectivity index (χ0) is 11.4. The van der Waals surface area contributed by atoms with Crippen molar-refractivity contribution < 1.29 is 18.5 Å². The molecule has 0 heterocycles. The second-order valence-electron chi connectivity index (χ2n) is 1.87. The van der Waals surface area contributed by atoms with E-state index in [0.717, 1.165) is 6.08 Å². The van der Waals surface area contributed by atoms with Crippen LogP contribution in [0.2, 0.25) is 0 Å². The van der Waals surface area contributed by atoms with Crippen LogP contribution < -0.4 is 5.32 Å². The van der Waals surface area contributed by atoms with Gasteiger partial charge in [-0.3, -0.25) is 0 Å². The van der Waals surface area contributed by atoms with Gasteiger partial charge in [0.05, 0.1) is 6.61 Å². The van der Waals surface area contributed by atoms with Gasteiger partial charge in [0.2, 0.25) is 0 Å². The molecule has 0 aliphatic carbocycles. The molecule has 0 bridgehead atoms. The van der Waals surface area contributed by atoms with Gasteiger partial charge in [0, 0.05) is 25.5 Å². The Hall–Kier alpha value is -1.17. The zero-order valence-corrected chi connectivity index (χ0v) is 9.17. The van der Waals surface area contributed by atoms with Crippen molar-refractivity contribution in [2.75, 3.05) is 13.2 Å². The summed E-state index contributed by atoms with van der Waals surface area (Å²) < 4.78 is 8.37. The molecule has 0 aliphatic rings. The number of carbonyl (C=O) groups is 2. The molecule has 0 unspecified atom stereocenters. The van der Waals surface area contributed by atoms with Crippen LogP contribution in [0, 0.1) is 0 Å². The van der Waals surface area contributed by atoms with E-state index in [-0.39, 0.29) is 6.09 Å². The molecule has 0 atom stereocenters. The van der Waals surface area contributed by atoms with Gasteiger partial charge in [-0.05, 0) is 13.8 Å². The van der Waals surface area contributed by atoms with Crippen molar-refractivity contribution in [2.24, 2.45) is 0 Å². The Morgan fingerprint density at radius 3 is 2.29 bits per heavy atom. The predicted octanol–water partition coefficient (Wildman–Crippen LogP) is 1.31. The lowest BCUT2D eigenvalue weighted by molar-refractivity contribution is -0.127. The molecule has 0 saturated heterocycles. The van der Waals surface area contributed by atoms with Crippen molar-refractivity contribution in [1.29, 1.82) is 0 Å². The van der Waals surface area contributed by atoms with Gasteiger partial charge in [0.15, 0.2) is 0 Å². The Kier molecular flexibility index (Phi) is 12.9. The monoisotopic (exact) mass is 221 g/mol. The molecule has 0 spiro atoms. The second kappa shape index (κ2) is 11.8. The normalized spacial score (nSPS) is 7.64. The summed E-state index contributed by atoms with van der Waals surface area (Å²) in [6.45, 7) is 7.79. The quantitative estimate of drug-likeness (QED) is 0.428. The van der Waals surface area contributed by atoms with E-state index >= 15 is 0 Å². The third-order valence-corrected chi connectivity index (χ3v) is 1.03. The van der Waals surface area contributed by atoms with Crippen LogP contribution in [0.15, 0.2) is 12.7 Å². The first-order valence-electron chi connectivity index (χ1n) is 4.00. The summed E-state index contributed by atoms with van der Waals surface area (Å²) in [5, 5.41) is 2.49. The fraction of sp³-hybridized carbons (Fsp3) is 0.500. The summed E-state index contributed by atoms with van der Waals surface area (Å²) in [7, 11) is 0. The summed E-state index contributed by atoms with van der Waals surface area (Å²) in [4.78, 5) is 20.1. The number of hydrogen-bond acceptors (Lipinski definition) is 5. The largest absolute Gasteiger partial charge is 0.450 e. The van der Waals surface area contributed by atoms with E-state index in [2.05, 4.69) is 33.7 Å². The number of carbonyl (C=O) groups excluding carboxylic acids is 2. The highest BCUT2D eigenvalue weighted by molar-refractivity contribution is 7.75. The first kappa shape index (κ1) is 15.3. The van der Waals surface area contributed by atoms with Crippen LogP contribution >= 0.6 is 12.9 Å². The minimum atomic E-state index is -0.529. The van der Waals surface area contributed by atoms with Gasteiger partial charge in [0.1, 0.15) is 0 Å². The molecule has 5 nitrogen and oxygen atoms in total. The molecule has 0 fully saturated rings. The van der Waals surface area contributed by atoms with Crippen molar-refractivity contribution >= 4 is 25.0 Å². The van der Waals surface area contributed by atoms with Gasteiger partial charge >= 0.3 is 12.1 Å². The number of nitrogens with one attached hydrogen (secondary N) is 1. The van der Waals surface area contributed by atoms with E-state index in [0.29, 0.717) is 13.2 Å². The highest BCUT2D eigenvalue weighted by Crippen LogP contribution is 1.78. The maximum Gasteiger partial charge on any atom is 0.407 e. The average molecular weight is 221 g/mol. The molecule has 6 heteroatoms. The summed E-state index contributed by atoms with van der Waals surface area (Å²) in [5.74, 6) is -0.529. The topological polar surface area (TPSA) is 64.6 Å². The minimum absolute atomic E-state index is 0.338. The lowest BCUT2D eigenvalue weighted by Crippen LogP contribution is -2.23. The fourth-order valence-electron chi connectivity index (χ4n) is 0.364. The number of rotatable bonds is 3. The van der Waals surface area contributed by atoms with Gasteiger partial charge < -0.3 is 14.2 Å². The van der Waals surface area contributed by atoms with E-state index in [1.807, 2.05) is 6.92 Å². The number of ether oxygens (including phenoxy) is 1. The molecule has 0 aromatic heterocycles. The molecule has 0 aromatic rings. The highest BCUT2D eigenvalue weighted by Gasteiger charge is 1.92. The van der Waals surface area contributed by atoms with Crippen LogP contribution in [-0.4, -0.2) is 25.2 Å². The molecule has 0 radical (unpaired) electrons. The first-order valence-corrected chi connectivity index (χ1v) is 4.37. The molecule has 14 heavy (non-hydrogen) atoms. The zero-order valence-electron chi connectivity index (χ0n) is 8.28. The van der Waals surface area contributed by atoms with E-state index in [1.54, 1.807) is 6.92 Å². The van der Waals surface area contributed by atoms with Crippen LogP contribution in [0.5, 0.6) is 0 Å². The van der Waals surface area contributed by atoms with Crippen molar-refractivity contribution in [1.82, 2.24) is 5.32 Å². The number of alkyl carbamates (subject to hydrolysis) is 1. The first-order chi connectivity index (χ1) is 6.62. The van der Waals surface area contributed by atoms with Gasteiger partial charge in [-0.1, -0.05) is 6.58 Å². The standard InChI is InChI=1S/C5H11NO2.C3H4O2S/c1-3-6-5(7)8-4-2;1-2-3(4)5-6/h3-4H2,1-2H3,(H,6,7);2,6H,1H2. The third-order valence-electron chi connectivity index (χ3n) is 0.853. The van der Waals surface area contributed by atoms with Crippen LogP contribution in [0.25, 0.3) is 0 Å². The molecule has 0 aromatic carbocycles. The fourth-order valence-corrected chi connectivity index (χ4v) is 0.438. The van der Waals surface area contributed by atoms with E-state index in [9.17, 15) is 9.59 Å². The predicted molar refractivity (Wildman–Crippen MR) is 56.0 cm³/mol. The SMILES string of the molecule is C=CC(=O)OS.CCNC(=O)OCC. The Labute approximate surface area is 89.1 Å². The third kappa shape index (κ3) is 13.4. The number of thiol groups is 1. The van der Waals surface area contributed by atoms with Gasteiger partial charge in [-0.25, -0.2) is 9.59 Å². The molecular weight excluding hydrogens is 206 g/mol. The smallest absolute Gasteiger partial charge is 0.407 e. The van der Waals surface area contributed by atoms with Crippen LogP contribution in [0.4, 0.5) is 4.79 Å². The van der Waals surface area contributed by atoms with Crippen LogP contribution in [0.1, 0.15) is 13.8 Å². The molecule has 0 rings (SSSR count). The molecule has 1 N–H and O–H groups in total. The Balaban J connectivity index is 0. The molecule has 1 amide bonds. The summed E-state index contributed by atoms with van der Waals surface area (Å²) in [6.07, 6.45) is 0.697. The summed E-state index contributed by atoms with van der Waals surface area (Å²) >= 11 is 3.17. The van der Waals surface area contributed by atoms with Crippen molar-refractivity contribution in [3.63, 3.8) is 0 Å². The van der Waals surface area contributed by atoms with Crippen molar-refractivity contribution in [3.8, 4) is 0 Å². The van der Waals surface area contributed by atoms with E-state index in [1.165, 1.54) is 0 Å². The summed E-state index contributed by atoms with van der Waals surface area (Å²) in [5.41, 5.74) is 0. The molecular formula is C8H15NO4S. The Bertz CT molecular complexity index is 176. The number of amides is 1. The van der Waals surface area contributed by atoms with Crippen molar-refractivity contribution in [2.45, 2.75) is 13.8 Å². The Morgan fingerprint density at radius 2 is 2.07 bits per heavy atom. The maximum atomic E-state index is 10.3. The van der Waals surface area contributed by atoms with Crippen molar-refractivity contribution in [3.05, 3.63) is 12.7 Å². The van der Waals surface area contributed by atoms with E-state index in [4.69, 9.17) is 0 Å². The lowest BCUT2D eigenvalue weighted by Gasteiger charge is -1.99. The summed E-state index contributed by atoms with van der Waals surface area (Å²) in [6, 6.07) is 0. The maximum absolute atomic E-state index is 10.3. The molecule has 0 saturated carbocycles. The van der Waals surface area contributed by atoms with E-state index < -0.39 is 5.97 Å².